The van der Waals surface area contributed by atoms with Crippen LogP contribution in [0.4, 0.5) is 0 Å². The van der Waals surface area contributed by atoms with Gasteiger partial charge in [0.2, 0.25) is 5.75 Å². The molecule has 0 aliphatic heterocycles. The maximum atomic E-state index is 12.0. The molecule has 0 bridgehead atoms. The van der Waals surface area contributed by atoms with Crippen molar-refractivity contribution in [2.75, 3.05) is 19.8 Å². The monoisotopic (exact) mass is 322 g/mol. The summed E-state index contributed by atoms with van der Waals surface area (Å²) < 4.78 is 15.9. The number of unbranched alkanes of at least 4 members (excludes halogenated alkanes) is 3. The van der Waals surface area contributed by atoms with Gasteiger partial charge >= 0.3 is 5.63 Å². The number of para-hydroxylation sites is 1. The quantitative estimate of drug-likeness (QED) is 0.545. The highest BCUT2D eigenvalue weighted by atomic mass is 16.5. The van der Waals surface area contributed by atoms with Gasteiger partial charge < -0.3 is 24.1 Å². The molecule has 0 saturated heterocycles. The van der Waals surface area contributed by atoms with Crippen molar-refractivity contribution in [3.63, 3.8) is 0 Å². The second-order valence-electron chi connectivity index (χ2n) is 5.18. The first-order valence-corrected chi connectivity index (χ1v) is 7.84. The molecule has 6 heteroatoms. The molecule has 0 atom stereocenters. The van der Waals surface area contributed by atoms with E-state index in [1.807, 2.05) is 0 Å². The Morgan fingerprint density at radius 1 is 1.13 bits per heavy atom. The summed E-state index contributed by atoms with van der Waals surface area (Å²) in [4.78, 5) is 12.0. The number of ether oxygens (including phenoxy) is 2. The second-order valence-corrected chi connectivity index (χ2v) is 5.18. The first kappa shape index (κ1) is 17.1. The largest absolute Gasteiger partial charge is 0.504 e. The molecule has 0 aliphatic rings. The molecule has 126 valence electrons. The van der Waals surface area contributed by atoms with E-state index in [1.165, 1.54) is 0 Å². The molecule has 0 amide bonds. The third-order valence-electron chi connectivity index (χ3n) is 3.42. The topological polar surface area (TPSA) is 89.1 Å². The normalized spacial score (nSPS) is 10.9. The zero-order valence-corrected chi connectivity index (χ0v) is 13.2. The Hall–Kier alpha value is -2.21. The molecule has 6 nitrogen and oxygen atoms in total. The number of hydrogen-bond donors (Lipinski definition) is 2. The summed E-state index contributed by atoms with van der Waals surface area (Å²) in [6, 6.07) is 4.88. The molecule has 0 saturated carbocycles. The van der Waals surface area contributed by atoms with Crippen molar-refractivity contribution in [2.45, 2.75) is 32.6 Å². The molecule has 0 aliphatic carbocycles. The molecule has 0 unspecified atom stereocenters. The van der Waals surface area contributed by atoms with Crippen molar-refractivity contribution >= 4 is 11.0 Å². The minimum atomic E-state index is -0.745. The van der Waals surface area contributed by atoms with Gasteiger partial charge in [-0.1, -0.05) is 32.3 Å². The molecule has 2 aromatic rings. The van der Waals surface area contributed by atoms with Gasteiger partial charge in [0.1, 0.15) is 6.61 Å². The first-order valence-electron chi connectivity index (χ1n) is 7.84. The van der Waals surface area contributed by atoms with Gasteiger partial charge in [0.05, 0.1) is 18.6 Å². The fourth-order valence-electron chi connectivity index (χ4n) is 2.27. The maximum absolute atomic E-state index is 12.0. The summed E-state index contributed by atoms with van der Waals surface area (Å²) in [5.41, 5.74) is -0.604. The molecule has 1 aromatic carbocycles. The van der Waals surface area contributed by atoms with E-state index in [2.05, 4.69) is 6.92 Å². The Morgan fingerprint density at radius 3 is 2.70 bits per heavy atom. The lowest BCUT2D eigenvalue weighted by Gasteiger charge is -2.11. The van der Waals surface area contributed by atoms with Gasteiger partial charge in [0, 0.05) is 0 Å². The standard InChI is InChI=1S/C17H22O6/c1-2-3-4-5-10-22-16-14(19)12-7-6-8-13(21-11-9-18)15(12)23-17(16)20/h6-8,18-19H,2-5,9-11H2,1H3. The van der Waals surface area contributed by atoms with Crippen molar-refractivity contribution in [1.82, 2.24) is 0 Å². The van der Waals surface area contributed by atoms with Gasteiger partial charge in [0.25, 0.3) is 0 Å². The van der Waals surface area contributed by atoms with Crippen LogP contribution < -0.4 is 15.1 Å². The lowest BCUT2D eigenvalue weighted by atomic mass is 10.2. The molecular formula is C17H22O6. The smallest absolute Gasteiger partial charge is 0.383 e. The Balaban J connectivity index is 2.25. The number of benzene rings is 1. The zero-order chi connectivity index (χ0) is 16.7. The Labute approximate surface area is 134 Å². The summed E-state index contributed by atoms with van der Waals surface area (Å²) in [7, 11) is 0. The zero-order valence-electron chi connectivity index (χ0n) is 13.2. The van der Waals surface area contributed by atoms with E-state index in [9.17, 15) is 9.90 Å². The molecule has 1 aromatic heterocycles. The molecule has 23 heavy (non-hydrogen) atoms. The number of rotatable bonds is 9. The average Bonchev–Trinajstić information content (AvgIpc) is 2.55. The van der Waals surface area contributed by atoms with Crippen LogP contribution in [0.2, 0.25) is 0 Å². The van der Waals surface area contributed by atoms with Crippen LogP contribution in [-0.2, 0) is 0 Å². The summed E-state index contributed by atoms with van der Waals surface area (Å²) in [5.74, 6) is -0.132. The van der Waals surface area contributed by atoms with Crippen LogP contribution in [0.3, 0.4) is 0 Å². The lowest BCUT2D eigenvalue weighted by molar-refractivity contribution is 0.201. The number of aliphatic hydroxyl groups excluding tert-OH is 1. The van der Waals surface area contributed by atoms with Gasteiger partial charge in [0.15, 0.2) is 17.1 Å². The van der Waals surface area contributed by atoms with E-state index in [4.69, 9.17) is 19.0 Å². The van der Waals surface area contributed by atoms with E-state index in [1.54, 1.807) is 18.2 Å². The maximum Gasteiger partial charge on any atom is 0.383 e. The summed E-state index contributed by atoms with van der Waals surface area (Å²) in [6.07, 6.45) is 4.03. The van der Waals surface area contributed by atoms with E-state index in [-0.39, 0.29) is 30.3 Å². The van der Waals surface area contributed by atoms with Crippen molar-refractivity contribution in [3.8, 4) is 17.2 Å². The Morgan fingerprint density at radius 2 is 1.96 bits per heavy atom. The van der Waals surface area contributed by atoms with Crippen molar-refractivity contribution < 1.29 is 24.1 Å². The van der Waals surface area contributed by atoms with Crippen LogP contribution >= 0.6 is 0 Å². The van der Waals surface area contributed by atoms with Gasteiger partial charge in [-0.25, -0.2) is 4.79 Å². The van der Waals surface area contributed by atoms with Crippen LogP contribution in [-0.4, -0.2) is 30.0 Å². The Bertz CT molecular complexity index is 691. The van der Waals surface area contributed by atoms with Crippen LogP contribution in [0.25, 0.3) is 11.0 Å². The summed E-state index contributed by atoms with van der Waals surface area (Å²) in [6.45, 7) is 2.37. The average molecular weight is 322 g/mol. The molecular weight excluding hydrogens is 300 g/mol. The highest BCUT2D eigenvalue weighted by molar-refractivity contribution is 5.89. The summed E-state index contributed by atoms with van der Waals surface area (Å²) >= 11 is 0. The molecule has 2 rings (SSSR count). The third-order valence-corrected chi connectivity index (χ3v) is 3.42. The van der Waals surface area contributed by atoms with Crippen molar-refractivity contribution in [3.05, 3.63) is 28.6 Å². The fourth-order valence-corrected chi connectivity index (χ4v) is 2.27. The van der Waals surface area contributed by atoms with Gasteiger partial charge in [-0.05, 0) is 18.6 Å². The predicted octanol–water partition coefficient (Wildman–Crippen LogP) is 2.83. The predicted molar refractivity (Wildman–Crippen MR) is 86.4 cm³/mol. The molecule has 0 fully saturated rings. The van der Waals surface area contributed by atoms with E-state index in [0.29, 0.717) is 17.7 Å². The van der Waals surface area contributed by atoms with E-state index < -0.39 is 5.63 Å². The molecule has 0 radical (unpaired) electrons. The SMILES string of the molecule is CCCCCCOc1c(O)c2cccc(OCCO)c2oc1=O. The van der Waals surface area contributed by atoms with Crippen LogP contribution in [0, 0.1) is 0 Å². The van der Waals surface area contributed by atoms with Crippen molar-refractivity contribution in [2.24, 2.45) is 0 Å². The van der Waals surface area contributed by atoms with Gasteiger partial charge in [-0.2, -0.15) is 0 Å². The highest BCUT2D eigenvalue weighted by Gasteiger charge is 2.18. The number of aliphatic hydroxyl groups is 1. The minimum absolute atomic E-state index is 0.0687. The minimum Gasteiger partial charge on any atom is -0.504 e. The highest BCUT2D eigenvalue weighted by Crippen LogP contribution is 2.35. The Kier molecular flexibility index (Phi) is 6.29. The molecule has 0 spiro atoms. The van der Waals surface area contributed by atoms with Gasteiger partial charge in [-0.15, -0.1) is 0 Å². The van der Waals surface area contributed by atoms with Gasteiger partial charge in [-0.3, -0.25) is 0 Å². The lowest BCUT2D eigenvalue weighted by Crippen LogP contribution is -2.09. The number of aromatic hydroxyl groups is 1. The first-order chi connectivity index (χ1) is 11.2. The molecule has 2 N–H and O–H groups in total. The van der Waals surface area contributed by atoms with E-state index in [0.717, 1.165) is 25.7 Å². The van der Waals surface area contributed by atoms with Crippen LogP contribution in [0.5, 0.6) is 17.2 Å². The third kappa shape index (κ3) is 4.16. The fraction of sp³-hybridized carbons (Fsp3) is 0.471. The summed E-state index contributed by atoms with van der Waals surface area (Å²) in [5, 5.41) is 19.5. The second kappa shape index (κ2) is 8.43. The van der Waals surface area contributed by atoms with E-state index >= 15 is 0 Å². The number of fused-ring (bicyclic) bond motifs is 1. The number of hydrogen-bond acceptors (Lipinski definition) is 6. The van der Waals surface area contributed by atoms with Crippen LogP contribution in [0.1, 0.15) is 32.6 Å². The van der Waals surface area contributed by atoms with Crippen molar-refractivity contribution in [1.29, 1.82) is 0 Å². The molecule has 1 heterocycles. The van der Waals surface area contributed by atoms with Crippen LogP contribution in [0.15, 0.2) is 27.4 Å².